The van der Waals surface area contributed by atoms with Crippen molar-refractivity contribution in [3.63, 3.8) is 0 Å². The fourth-order valence-electron chi connectivity index (χ4n) is 2.69. The standard InChI is InChI=1S/C15H22F2N2O2.ClH/c1-15(9-18)5-6-19(10-15)8-11-3-4-12(20-2)13(7-11)21-14(16)17;/h3-4,7,14H,5-6,8-10,18H2,1-2H3;1H. The number of methoxy groups -OCH3 is 1. The lowest BCUT2D eigenvalue weighted by Gasteiger charge is -2.22. The quantitative estimate of drug-likeness (QED) is 0.867. The van der Waals surface area contributed by atoms with E-state index in [0.29, 0.717) is 18.8 Å². The molecule has 1 aromatic carbocycles. The maximum Gasteiger partial charge on any atom is 0.387 e. The second kappa shape index (κ2) is 7.94. The van der Waals surface area contributed by atoms with Crippen molar-refractivity contribution in [2.75, 3.05) is 26.7 Å². The zero-order valence-electron chi connectivity index (χ0n) is 12.9. The average Bonchev–Trinajstić information content (AvgIpc) is 2.81. The smallest absolute Gasteiger partial charge is 0.387 e. The number of hydrogen-bond acceptors (Lipinski definition) is 4. The Labute approximate surface area is 136 Å². The zero-order valence-corrected chi connectivity index (χ0v) is 13.7. The molecule has 1 unspecified atom stereocenters. The molecule has 1 aliphatic heterocycles. The van der Waals surface area contributed by atoms with E-state index in [-0.39, 0.29) is 23.6 Å². The maximum atomic E-state index is 12.4. The minimum atomic E-state index is -2.86. The molecule has 1 fully saturated rings. The highest BCUT2D eigenvalue weighted by molar-refractivity contribution is 5.85. The fraction of sp³-hybridized carbons (Fsp3) is 0.600. The van der Waals surface area contributed by atoms with Crippen LogP contribution in [0.2, 0.25) is 0 Å². The number of nitrogens with two attached hydrogens (primary N) is 1. The molecule has 1 aliphatic rings. The van der Waals surface area contributed by atoms with E-state index in [1.165, 1.54) is 7.11 Å². The fourth-order valence-corrected chi connectivity index (χ4v) is 2.69. The van der Waals surface area contributed by atoms with Gasteiger partial charge in [-0.25, -0.2) is 0 Å². The Morgan fingerprint density at radius 3 is 2.64 bits per heavy atom. The topological polar surface area (TPSA) is 47.7 Å². The number of halogens is 3. The van der Waals surface area contributed by atoms with E-state index in [1.54, 1.807) is 12.1 Å². The first-order valence-corrected chi connectivity index (χ1v) is 7.00. The predicted octanol–water partition coefficient (Wildman–Crippen LogP) is 2.89. The summed E-state index contributed by atoms with van der Waals surface area (Å²) >= 11 is 0. The molecular weight excluding hydrogens is 314 g/mol. The van der Waals surface area contributed by atoms with E-state index < -0.39 is 6.61 Å². The Morgan fingerprint density at radius 1 is 1.36 bits per heavy atom. The number of hydrogen-bond donors (Lipinski definition) is 1. The van der Waals surface area contributed by atoms with Crippen LogP contribution in [-0.4, -0.2) is 38.3 Å². The molecule has 1 heterocycles. The first kappa shape index (κ1) is 18.9. The molecule has 1 atom stereocenters. The summed E-state index contributed by atoms with van der Waals surface area (Å²) in [6.07, 6.45) is 1.06. The van der Waals surface area contributed by atoms with Gasteiger partial charge in [-0.15, -0.1) is 12.4 Å². The first-order valence-electron chi connectivity index (χ1n) is 7.00. The van der Waals surface area contributed by atoms with Crippen molar-refractivity contribution in [1.82, 2.24) is 4.90 Å². The molecule has 1 aromatic rings. The van der Waals surface area contributed by atoms with Crippen molar-refractivity contribution >= 4 is 12.4 Å². The van der Waals surface area contributed by atoms with Crippen LogP contribution in [0.25, 0.3) is 0 Å². The number of nitrogens with zero attached hydrogens (tertiary/aromatic N) is 1. The number of likely N-dealkylation sites (tertiary alicyclic amines) is 1. The summed E-state index contributed by atoms with van der Waals surface area (Å²) in [5, 5.41) is 0. The van der Waals surface area contributed by atoms with Crippen molar-refractivity contribution in [2.45, 2.75) is 26.5 Å². The van der Waals surface area contributed by atoms with Crippen LogP contribution in [0.5, 0.6) is 11.5 Å². The summed E-state index contributed by atoms with van der Waals surface area (Å²) in [7, 11) is 1.43. The molecule has 0 aliphatic carbocycles. The van der Waals surface area contributed by atoms with E-state index in [1.807, 2.05) is 6.07 Å². The van der Waals surface area contributed by atoms with Gasteiger partial charge < -0.3 is 15.2 Å². The molecule has 0 aromatic heterocycles. The second-order valence-electron chi connectivity index (χ2n) is 5.84. The summed E-state index contributed by atoms with van der Waals surface area (Å²) in [5.74, 6) is 0.387. The Morgan fingerprint density at radius 2 is 2.09 bits per heavy atom. The van der Waals surface area contributed by atoms with Crippen molar-refractivity contribution in [2.24, 2.45) is 11.1 Å². The summed E-state index contributed by atoms with van der Waals surface area (Å²) in [6.45, 7) is 2.55. The van der Waals surface area contributed by atoms with Gasteiger partial charge >= 0.3 is 6.61 Å². The van der Waals surface area contributed by atoms with Crippen LogP contribution < -0.4 is 15.2 Å². The lowest BCUT2D eigenvalue weighted by Crippen LogP contribution is -2.31. The number of benzene rings is 1. The Bertz CT molecular complexity index is 491. The summed E-state index contributed by atoms with van der Waals surface area (Å²) < 4.78 is 34.4. The molecule has 2 rings (SSSR count). The van der Waals surface area contributed by atoms with Gasteiger partial charge in [-0.2, -0.15) is 8.78 Å². The Hall–Kier alpha value is -1.11. The highest BCUT2D eigenvalue weighted by atomic mass is 35.5. The normalized spacial score (nSPS) is 21.7. The minimum Gasteiger partial charge on any atom is -0.493 e. The largest absolute Gasteiger partial charge is 0.493 e. The van der Waals surface area contributed by atoms with Crippen LogP contribution in [0.3, 0.4) is 0 Å². The SMILES string of the molecule is COc1ccc(CN2CCC(C)(CN)C2)cc1OC(F)F.Cl. The highest BCUT2D eigenvalue weighted by Gasteiger charge is 2.32. The predicted molar refractivity (Wildman–Crippen MR) is 83.9 cm³/mol. The van der Waals surface area contributed by atoms with E-state index in [9.17, 15) is 8.78 Å². The summed E-state index contributed by atoms with van der Waals surface area (Å²) in [6, 6.07) is 5.14. The molecular formula is C15H23ClF2N2O2. The molecule has 126 valence electrons. The Kier molecular flexibility index (Phi) is 6.84. The second-order valence-corrected chi connectivity index (χ2v) is 5.84. The summed E-state index contributed by atoms with van der Waals surface area (Å²) in [5.41, 5.74) is 6.87. The van der Waals surface area contributed by atoms with Gasteiger partial charge in [-0.3, -0.25) is 4.90 Å². The van der Waals surface area contributed by atoms with Crippen LogP contribution >= 0.6 is 12.4 Å². The molecule has 0 amide bonds. The summed E-state index contributed by atoms with van der Waals surface area (Å²) in [4.78, 5) is 2.28. The lowest BCUT2D eigenvalue weighted by molar-refractivity contribution is -0.0512. The molecule has 4 nitrogen and oxygen atoms in total. The number of rotatable bonds is 6. The highest BCUT2D eigenvalue weighted by Crippen LogP contribution is 2.32. The first-order chi connectivity index (χ1) is 9.95. The average molecular weight is 337 g/mol. The zero-order chi connectivity index (χ0) is 15.5. The van der Waals surface area contributed by atoms with E-state index >= 15 is 0 Å². The van der Waals surface area contributed by atoms with Gasteiger partial charge in [-0.05, 0) is 42.6 Å². The third-order valence-corrected chi connectivity index (χ3v) is 3.98. The number of ether oxygens (including phenoxy) is 2. The van der Waals surface area contributed by atoms with Gasteiger partial charge in [0.05, 0.1) is 7.11 Å². The van der Waals surface area contributed by atoms with Gasteiger partial charge in [-0.1, -0.05) is 13.0 Å². The molecule has 2 N–H and O–H groups in total. The number of alkyl halides is 2. The van der Waals surface area contributed by atoms with Crippen LogP contribution in [0.15, 0.2) is 18.2 Å². The maximum absolute atomic E-state index is 12.4. The Balaban J connectivity index is 0.00000242. The lowest BCUT2D eigenvalue weighted by atomic mass is 9.90. The van der Waals surface area contributed by atoms with E-state index in [4.69, 9.17) is 10.5 Å². The molecule has 0 radical (unpaired) electrons. The van der Waals surface area contributed by atoms with E-state index in [2.05, 4.69) is 16.6 Å². The van der Waals surface area contributed by atoms with Crippen molar-refractivity contribution in [1.29, 1.82) is 0 Å². The monoisotopic (exact) mass is 336 g/mol. The van der Waals surface area contributed by atoms with Crippen LogP contribution in [0, 0.1) is 5.41 Å². The molecule has 0 bridgehead atoms. The van der Waals surface area contributed by atoms with Gasteiger partial charge in [0.15, 0.2) is 11.5 Å². The van der Waals surface area contributed by atoms with Crippen molar-refractivity contribution < 1.29 is 18.3 Å². The van der Waals surface area contributed by atoms with Crippen molar-refractivity contribution in [3.8, 4) is 11.5 Å². The molecule has 22 heavy (non-hydrogen) atoms. The van der Waals surface area contributed by atoms with Crippen LogP contribution in [0.1, 0.15) is 18.9 Å². The van der Waals surface area contributed by atoms with Crippen LogP contribution in [-0.2, 0) is 6.54 Å². The molecule has 1 saturated heterocycles. The van der Waals surface area contributed by atoms with Crippen LogP contribution in [0.4, 0.5) is 8.78 Å². The van der Waals surface area contributed by atoms with Gasteiger partial charge in [0.1, 0.15) is 0 Å². The third-order valence-electron chi connectivity index (χ3n) is 3.98. The molecule has 0 spiro atoms. The third kappa shape index (κ3) is 4.69. The van der Waals surface area contributed by atoms with Gasteiger partial charge in [0.25, 0.3) is 0 Å². The van der Waals surface area contributed by atoms with E-state index in [0.717, 1.165) is 25.1 Å². The molecule has 7 heteroatoms. The minimum absolute atomic E-state index is 0. The molecule has 0 saturated carbocycles. The van der Waals surface area contributed by atoms with Crippen molar-refractivity contribution in [3.05, 3.63) is 23.8 Å². The van der Waals surface area contributed by atoms with Gasteiger partial charge in [0.2, 0.25) is 0 Å². The van der Waals surface area contributed by atoms with Gasteiger partial charge in [0, 0.05) is 13.1 Å².